The Balaban J connectivity index is 1.58. The molecular formula is C18H23N3O2. The van der Waals surface area contributed by atoms with Crippen LogP contribution in [0.2, 0.25) is 0 Å². The number of likely N-dealkylation sites (tertiary alicyclic amines) is 1. The summed E-state index contributed by atoms with van der Waals surface area (Å²) in [7, 11) is 1.80. The number of aromatic nitrogens is 2. The quantitative estimate of drug-likeness (QED) is 0.927. The number of hydrogen-bond acceptors (Lipinski definition) is 3. The maximum absolute atomic E-state index is 12.9. The molecule has 4 rings (SSSR count). The van der Waals surface area contributed by atoms with E-state index in [4.69, 9.17) is 4.74 Å². The molecule has 1 aliphatic carbocycles. The smallest absolute Gasteiger partial charge is 0.272 e. The second-order valence-corrected chi connectivity index (χ2v) is 6.92. The van der Waals surface area contributed by atoms with Crippen LogP contribution in [0.25, 0.3) is 11.0 Å². The van der Waals surface area contributed by atoms with E-state index in [0.717, 1.165) is 37.0 Å². The molecule has 2 aromatic rings. The van der Waals surface area contributed by atoms with Gasteiger partial charge in [0.05, 0.1) is 6.10 Å². The zero-order chi connectivity index (χ0) is 15.9. The summed E-state index contributed by atoms with van der Waals surface area (Å²) in [5.74, 6) is 0.0438. The predicted octanol–water partition coefficient (Wildman–Crippen LogP) is 2.98. The molecule has 3 heterocycles. The van der Waals surface area contributed by atoms with Gasteiger partial charge in [0.1, 0.15) is 11.3 Å². The van der Waals surface area contributed by atoms with Gasteiger partial charge in [-0.15, -0.1) is 0 Å². The van der Waals surface area contributed by atoms with E-state index in [2.05, 4.69) is 9.97 Å². The fourth-order valence-corrected chi connectivity index (χ4v) is 4.49. The van der Waals surface area contributed by atoms with E-state index in [1.807, 2.05) is 29.3 Å². The van der Waals surface area contributed by atoms with Crippen LogP contribution in [-0.2, 0) is 4.74 Å². The number of amides is 1. The van der Waals surface area contributed by atoms with Crippen LogP contribution in [0.4, 0.5) is 0 Å². The largest absolute Gasteiger partial charge is 0.381 e. The Morgan fingerprint density at radius 3 is 3.09 bits per heavy atom. The first-order valence-corrected chi connectivity index (χ1v) is 8.48. The lowest BCUT2D eigenvalue weighted by Crippen LogP contribution is -2.50. The van der Waals surface area contributed by atoms with Gasteiger partial charge < -0.3 is 14.6 Å². The van der Waals surface area contributed by atoms with E-state index < -0.39 is 0 Å². The Kier molecular flexibility index (Phi) is 3.60. The highest BCUT2D eigenvalue weighted by atomic mass is 16.5. The number of hydrogen-bond donors (Lipinski definition) is 1. The number of H-pyrrole nitrogens is 1. The van der Waals surface area contributed by atoms with Crippen molar-refractivity contribution >= 4 is 16.9 Å². The Labute approximate surface area is 136 Å². The average molecular weight is 313 g/mol. The molecule has 1 aliphatic heterocycles. The van der Waals surface area contributed by atoms with Crippen LogP contribution >= 0.6 is 0 Å². The van der Waals surface area contributed by atoms with E-state index in [1.165, 1.54) is 19.3 Å². The highest BCUT2D eigenvalue weighted by molar-refractivity contribution is 5.94. The van der Waals surface area contributed by atoms with Crippen molar-refractivity contribution in [1.29, 1.82) is 0 Å². The molecule has 0 bridgehead atoms. The zero-order valence-electron chi connectivity index (χ0n) is 13.5. The maximum Gasteiger partial charge on any atom is 0.272 e. The molecule has 5 nitrogen and oxygen atoms in total. The van der Waals surface area contributed by atoms with Crippen molar-refractivity contribution in [2.45, 2.75) is 38.2 Å². The molecule has 122 valence electrons. The van der Waals surface area contributed by atoms with Crippen molar-refractivity contribution in [3.63, 3.8) is 0 Å². The lowest BCUT2D eigenvalue weighted by molar-refractivity contribution is -0.0296. The third-order valence-corrected chi connectivity index (χ3v) is 5.63. The number of rotatable bonds is 2. The Bertz CT molecular complexity index is 726. The predicted molar refractivity (Wildman–Crippen MR) is 88.3 cm³/mol. The number of carbonyl (C=O) groups is 1. The van der Waals surface area contributed by atoms with Gasteiger partial charge in [0.15, 0.2) is 0 Å². The van der Waals surface area contributed by atoms with Crippen LogP contribution in [0.3, 0.4) is 0 Å². The summed E-state index contributed by atoms with van der Waals surface area (Å²) >= 11 is 0. The van der Waals surface area contributed by atoms with E-state index in [0.29, 0.717) is 5.69 Å². The molecule has 1 saturated heterocycles. The van der Waals surface area contributed by atoms with Crippen LogP contribution < -0.4 is 0 Å². The summed E-state index contributed by atoms with van der Waals surface area (Å²) < 4.78 is 5.73. The second-order valence-electron chi connectivity index (χ2n) is 6.92. The van der Waals surface area contributed by atoms with Gasteiger partial charge in [0.2, 0.25) is 0 Å². The number of fused-ring (bicyclic) bond motifs is 1. The van der Waals surface area contributed by atoms with Crippen LogP contribution in [0.15, 0.2) is 24.4 Å². The number of piperidine rings is 1. The first kappa shape index (κ1) is 14.7. The van der Waals surface area contributed by atoms with Crippen molar-refractivity contribution < 1.29 is 9.53 Å². The van der Waals surface area contributed by atoms with E-state index in [1.54, 1.807) is 7.11 Å². The van der Waals surface area contributed by atoms with E-state index in [9.17, 15) is 4.79 Å². The van der Waals surface area contributed by atoms with Crippen molar-refractivity contribution in [1.82, 2.24) is 14.9 Å². The lowest BCUT2D eigenvalue weighted by Gasteiger charge is -2.43. The zero-order valence-corrected chi connectivity index (χ0v) is 13.5. The third kappa shape index (κ3) is 2.43. The SMILES string of the molecule is CO[C@@H]1CCC[C@@]12CCCN(C(=O)c1ccc3cc[nH]c3n1)C2. The fourth-order valence-electron chi connectivity index (χ4n) is 4.49. The minimum atomic E-state index is 0.0438. The number of methoxy groups -OCH3 is 1. The van der Waals surface area contributed by atoms with Gasteiger partial charge in [-0.3, -0.25) is 4.79 Å². The molecule has 2 fully saturated rings. The van der Waals surface area contributed by atoms with Crippen molar-refractivity contribution in [2.75, 3.05) is 20.2 Å². The van der Waals surface area contributed by atoms with Crippen LogP contribution in [-0.4, -0.2) is 47.1 Å². The molecule has 1 spiro atoms. The summed E-state index contributed by atoms with van der Waals surface area (Å²) in [6, 6.07) is 5.76. The topological polar surface area (TPSA) is 58.2 Å². The number of ether oxygens (including phenoxy) is 1. The number of aromatic amines is 1. The number of carbonyl (C=O) groups excluding carboxylic acids is 1. The number of nitrogens with zero attached hydrogens (tertiary/aromatic N) is 2. The third-order valence-electron chi connectivity index (χ3n) is 5.63. The van der Waals surface area contributed by atoms with Gasteiger partial charge in [-0.1, -0.05) is 6.42 Å². The Morgan fingerprint density at radius 1 is 1.35 bits per heavy atom. The number of pyridine rings is 1. The van der Waals surface area contributed by atoms with Crippen molar-refractivity contribution in [2.24, 2.45) is 5.41 Å². The molecule has 0 radical (unpaired) electrons. The Hall–Kier alpha value is -1.88. The standard InChI is InChI=1S/C18H23N3O2/c1-23-15-4-2-8-18(15)9-3-11-21(12-18)17(22)14-6-5-13-7-10-19-16(13)20-14/h5-7,10,15H,2-4,8-9,11-12H2,1H3,(H,19,20)/t15-,18+/m1/s1. The molecule has 1 amide bonds. The molecule has 5 heteroatoms. The van der Waals surface area contributed by atoms with Gasteiger partial charge in [-0.25, -0.2) is 4.98 Å². The summed E-state index contributed by atoms with van der Waals surface area (Å²) in [5.41, 5.74) is 1.46. The monoisotopic (exact) mass is 313 g/mol. The summed E-state index contributed by atoms with van der Waals surface area (Å²) in [5, 5.41) is 1.03. The maximum atomic E-state index is 12.9. The molecular weight excluding hydrogens is 290 g/mol. The van der Waals surface area contributed by atoms with Crippen molar-refractivity contribution in [3.8, 4) is 0 Å². The van der Waals surface area contributed by atoms with Gasteiger partial charge in [0.25, 0.3) is 5.91 Å². The minimum Gasteiger partial charge on any atom is -0.381 e. The van der Waals surface area contributed by atoms with Crippen molar-refractivity contribution in [3.05, 3.63) is 30.1 Å². The highest BCUT2D eigenvalue weighted by Gasteiger charge is 2.46. The summed E-state index contributed by atoms with van der Waals surface area (Å²) in [6.45, 7) is 1.62. The first-order valence-electron chi connectivity index (χ1n) is 8.48. The normalized spacial score (nSPS) is 27.9. The summed E-state index contributed by atoms with van der Waals surface area (Å²) in [4.78, 5) is 22.5. The molecule has 1 N–H and O–H groups in total. The fraction of sp³-hybridized carbons (Fsp3) is 0.556. The van der Waals surface area contributed by atoms with Crippen LogP contribution in [0.1, 0.15) is 42.6 Å². The minimum absolute atomic E-state index is 0.0438. The van der Waals surface area contributed by atoms with E-state index >= 15 is 0 Å². The van der Waals surface area contributed by atoms with Gasteiger partial charge in [-0.05, 0) is 43.9 Å². The average Bonchev–Trinajstić information content (AvgIpc) is 3.20. The summed E-state index contributed by atoms with van der Waals surface area (Å²) in [6.07, 6.45) is 7.84. The van der Waals surface area contributed by atoms with Crippen LogP contribution in [0, 0.1) is 5.41 Å². The molecule has 23 heavy (non-hydrogen) atoms. The second kappa shape index (κ2) is 5.64. The molecule has 0 unspecified atom stereocenters. The molecule has 1 saturated carbocycles. The van der Waals surface area contributed by atoms with E-state index in [-0.39, 0.29) is 17.4 Å². The van der Waals surface area contributed by atoms with Gasteiger partial charge in [-0.2, -0.15) is 0 Å². The molecule has 2 aliphatic rings. The van der Waals surface area contributed by atoms with Gasteiger partial charge in [0, 0.05) is 37.2 Å². The van der Waals surface area contributed by atoms with Crippen LogP contribution in [0.5, 0.6) is 0 Å². The molecule has 2 aromatic heterocycles. The highest BCUT2D eigenvalue weighted by Crippen LogP contribution is 2.46. The van der Waals surface area contributed by atoms with Gasteiger partial charge >= 0.3 is 0 Å². The lowest BCUT2D eigenvalue weighted by atomic mass is 9.76. The Morgan fingerprint density at radius 2 is 2.22 bits per heavy atom. The number of nitrogens with one attached hydrogen (secondary N) is 1. The molecule has 2 atom stereocenters. The molecule has 0 aromatic carbocycles. The first-order chi connectivity index (χ1) is 11.2.